The fourth-order valence-corrected chi connectivity index (χ4v) is 5.19. The molecule has 39 heavy (non-hydrogen) atoms. The number of rotatable bonds is 8. The number of fused-ring (bicyclic) bond motifs is 1. The number of benzene rings is 2. The van der Waals surface area contributed by atoms with E-state index in [-0.39, 0.29) is 29.5 Å². The summed E-state index contributed by atoms with van der Waals surface area (Å²) in [6.45, 7) is 4.26. The van der Waals surface area contributed by atoms with Gasteiger partial charge in [-0.25, -0.2) is 4.39 Å². The Labute approximate surface area is 230 Å². The molecule has 0 bridgehead atoms. The molecular formula is C30H32FN5O2S. The normalized spacial score (nSPS) is 12.8. The van der Waals surface area contributed by atoms with Gasteiger partial charge < -0.3 is 20.2 Å². The third-order valence-electron chi connectivity index (χ3n) is 6.78. The maximum Gasteiger partial charge on any atom is 0.258 e. The number of aromatic nitrogens is 2. The van der Waals surface area contributed by atoms with E-state index in [1.54, 1.807) is 41.6 Å². The third kappa shape index (κ3) is 5.83. The number of hydrogen-bond donors (Lipinski definition) is 2. The highest BCUT2D eigenvalue weighted by Gasteiger charge is 2.17. The summed E-state index contributed by atoms with van der Waals surface area (Å²) in [5, 5.41) is 4.89. The first-order valence-corrected chi connectivity index (χ1v) is 13.7. The number of halogens is 1. The van der Waals surface area contributed by atoms with Gasteiger partial charge in [-0.05, 0) is 73.0 Å². The molecule has 0 radical (unpaired) electrons. The summed E-state index contributed by atoms with van der Waals surface area (Å²) in [6, 6.07) is 15.4. The molecule has 2 heterocycles. The van der Waals surface area contributed by atoms with Crippen molar-refractivity contribution in [1.29, 1.82) is 0 Å². The van der Waals surface area contributed by atoms with Crippen LogP contribution in [0.5, 0.6) is 0 Å². The Hall–Kier alpha value is -4.11. The Kier molecular flexibility index (Phi) is 8.40. The molecule has 1 atom stereocenters. The predicted octanol–water partition coefficient (Wildman–Crippen LogP) is 5.15. The van der Waals surface area contributed by atoms with Gasteiger partial charge in [0.1, 0.15) is 5.82 Å². The Bertz CT molecular complexity index is 1720. The van der Waals surface area contributed by atoms with E-state index in [2.05, 4.69) is 16.4 Å². The van der Waals surface area contributed by atoms with Crippen molar-refractivity contribution in [2.24, 2.45) is 24.8 Å². The smallest absolute Gasteiger partial charge is 0.258 e. The highest BCUT2D eigenvalue weighted by atomic mass is 32.2. The molecule has 0 aliphatic rings. The van der Waals surface area contributed by atoms with Crippen molar-refractivity contribution in [3.8, 4) is 0 Å². The summed E-state index contributed by atoms with van der Waals surface area (Å²) in [5.41, 5.74) is 10.4. The van der Waals surface area contributed by atoms with Crippen LogP contribution in [-0.4, -0.2) is 21.6 Å². The molecule has 0 amide bonds. The van der Waals surface area contributed by atoms with Crippen molar-refractivity contribution in [1.82, 2.24) is 9.13 Å². The average Bonchev–Trinajstić information content (AvgIpc) is 2.92. The fraction of sp³-hybridized carbons (Fsp3) is 0.233. The minimum atomic E-state index is -0.288. The third-order valence-corrected chi connectivity index (χ3v) is 7.56. The van der Waals surface area contributed by atoms with Gasteiger partial charge in [0.05, 0.1) is 12.2 Å². The zero-order valence-corrected chi connectivity index (χ0v) is 23.5. The van der Waals surface area contributed by atoms with Crippen LogP contribution in [0.3, 0.4) is 0 Å². The van der Waals surface area contributed by atoms with E-state index in [0.717, 1.165) is 32.8 Å². The van der Waals surface area contributed by atoms with Crippen LogP contribution in [0.25, 0.3) is 16.3 Å². The van der Waals surface area contributed by atoms with Crippen LogP contribution in [0.15, 0.2) is 80.3 Å². The van der Waals surface area contributed by atoms with Crippen molar-refractivity contribution in [3.05, 3.63) is 110 Å². The second kappa shape index (κ2) is 11.7. The van der Waals surface area contributed by atoms with Crippen molar-refractivity contribution >= 4 is 40.0 Å². The molecule has 3 N–H and O–H groups in total. The summed E-state index contributed by atoms with van der Waals surface area (Å²) < 4.78 is 16.9. The second-order valence-electron chi connectivity index (χ2n) is 9.43. The standard InChI is InChI=1S/C30H32FN5O2S/c1-18-11-23(19(2)34-26-10-9-21(31)13-28(26)39-5)24-14-27(36(4)30(38)25(24)12-18)20(15-32)16-33-17-22-7-6-8-29(37)35(22)3/h6-16,19,34H,17,32H2,1-5H3/b20-15+,33-16?/t19-/m1/s1. The minimum Gasteiger partial charge on any atom is -0.404 e. The first-order valence-electron chi connectivity index (χ1n) is 12.5. The van der Waals surface area contributed by atoms with Crippen molar-refractivity contribution in [3.63, 3.8) is 0 Å². The molecule has 2 aromatic carbocycles. The molecule has 2 aromatic heterocycles. The quantitative estimate of drug-likeness (QED) is 0.236. The van der Waals surface area contributed by atoms with Gasteiger partial charge in [0.2, 0.25) is 0 Å². The van der Waals surface area contributed by atoms with E-state index in [0.29, 0.717) is 16.7 Å². The van der Waals surface area contributed by atoms with Gasteiger partial charge in [0, 0.05) is 65.9 Å². The highest BCUT2D eigenvalue weighted by molar-refractivity contribution is 7.98. The van der Waals surface area contributed by atoms with Crippen LogP contribution in [0, 0.1) is 12.7 Å². The molecule has 7 nitrogen and oxygen atoms in total. The lowest BCUT2D eigenvalue weighted by Gasteiger charge is -2.21. The largest absolute Gasteiger partial charge is 0.404 e. The Balaban J connectivity index is 1.76. The second-order valence-corrected chi connectivity index (χ2v) is 10.3. The van der Waals surface area contributed by atoms with E-state index in [9.17, 15) is 14.0 Å². The predicted molar refractivity (Wildman–Crippen MR) is 160 cm³/mol. The van der Waals surface area contributed by atoms with E-state index < -0.39 is 0 Å². The Morgan fingerprint density at radius 1 is 1.10 bits per heavy atom. The summed E-state index contributed by atoms with van der Waals surface area (Å²) in [4.78, 5) is 30.7. The van der Waals surface area contributed by atoms with Crippen molar-refractivity contribution in [2.45, 2.75) is 31.3 Å². The van der Waals surface area contributed by atoms with E-state index in [1.165, 1.54) is 36.2 Å². The maximum absolute atomic E-state index is 13.8. The molecule has 4 rings (SSSR count). The number of aliphatic imine (C=N–C) groups is 1. The zero-order valence-electron chi connectivity index (χ0n) is 22.7. The SMILES string of the molecule is CSc1cc(F)ccc1N[C@H](C)c1cc(C)cc2c(=O)n(C)c(/C(C=NCc3cccc(=O)n3C)=C/N)cc12. The molecule has 0 aliphatic heterocycles. The average molecular weight is 546 g/mol. The molecule has 0 unspecified atom stereocenters. The number of allylic oxidation sites excluding steroid dienone is 1. The van der Waals surface area contributed by atoms with E-state index in [4.69, 9.17) is 5.73 Å². The summed E-state index contributed by atoms with van der Waals surface area (Å²) in [6.07, 6.45) is 4.95. The van der Waals surface area contributed by atoms with Crippen LogP contribution in [0.2, 0.25) is 0 Å². The van der Waals surface area contributed by atoms with Crippen LogP contribution in [-0.2, 0) is 20.6 Å². The summed E-state index contributed by atoms with van der Waals surface area (Å²) in [5.74, 6) is -0.288. The van der Waals surface area contributed by atoms with Gasteiger partial charge in [-0.3, -0.25) is 14.6 Å². The van der Waals surface area contributed by atoms with Gasteiger partial charge >= 0.3 is 0 Å². The lowest BCUT2D eigenvalue weighted by Crippen LogP contribution is -2.22. The van der Waals surface area contributed by atoms with Crippen molar-refractivity contribution in [2.75, 3.05) is 11.6 Å². The molecule has 0 saturated heterocycles. The molecular weight excluding hydrogens is 513 g/mol. The number of hydrogen-bond acceptors (Lipinski definition) is 6. The molecule has 9 heteroatoms. The van der Waals surface area contributed by atoms with Gasteiger partial charge in [0.25, 0.3) is 11.1 Å². The number of aryl methyl sites for hydroxylation is 1. The lowest BCUT2D eigenvalue weighted by atomic mass is 9.96. The topological polar surface area (TPSA) is 94.4 Å². The maximum atomic E-state index is 13.8. The summed E-state index contributed by atoms with van der Waals surface area (Å²) >= 11 is 1.46. The number of nitrogens with zero attached hydrogens (tertiary/aromatic N) is 3. The zero-order chi connectivity index (χ0) is 28.3. The van der Waals surface area contributed by atoms with Gasteiger partial charge in [0.15, 0.2) is 0 Å². The highest BCUT2D eigenvalue weighted by Crippen LogP contribution is 2.32. The monoisotopic (exact) mass is 545 g/mol. The van der Waals surface area contributed by atoms with Crippen LogP contribution >= 0.6 is 11.8 Å². The van der Waals surface area contributed by atoms with E-state index in [1.807, 2.05) is 38.3 Å². The molecule has 0 saturated carbocycles. The molecule has 4 aromatic rings. The first-order chi connectivity index (χ1) is 18.6. The number of anilines is 1. The number of thioether (sulfide) groups is 1. The molecule has 0 fully saturated rings. The molecule has 202 valence electrons. The van der Waals surface area contributed by atoms with Gasteiger partial charge in [-0.15, -0.1) is 11.8 Å². The van der Waals surface area contributed by atoms with E-state index >= 15 is 0 Å². The fourth-order valence-electron chi connectivity index (χ4n) is 4.62. The van der Waals surface area contributed by atoms with Crippen molar-refractivity contribution < 1.29 is 4.39 Å². The molecule has 0 spiro atoms. The van der Waals surface area contributed by atoms with Crippen LogP contribution < -0.4 is 22.2 Å². The Morgan fingerprint density at radius 3 is 2.59 bits per heavy atom. The minimum absolute atomic E-state index is 0.106. The van der Waals surface area contributed by atoms with Gasteiger partial charge in [-0.1, -0.05) is 12.1 Å². The number of pyridine rings is 2. The summed E-state index contributed by atoms with van der Waals surface area (Å²) in [7, 11) is 3.41. The lowest BCUT2D eigenvalue weighted by molar-refractivity contribution is 0.624. The first kappa shape index (κ1) is 27.9. The Morgan fingerprint density at radius 2 is 1.87 bits per heavy atom. The van der Waals surface area contributed by atoms with Crippen LogP contribution in [0.1, 0.15) is 35.5 Å². The van der Waals surface area contributed by atoms with Crippen LogP contribution in [0.4, 0.5) is 10.1 Å². The number of nitrogens with two attached hydrogens (primary N) is 1. The number of nitrogens with one attached hydrogen (secondary N) is 1. The van der Waals surface area contributed by atoms with Gasteiger partial charge in [-0.2, -0.15) is 0 Å². The molecule has 0 aliphatic carbocycles.